The number of hydrogen-bond donors (Lipinski definition) is 3. The minimum Gasteiger partial charge on any atom is -0.394 e. The third-order valence-electron chi connectivity index (χ3n) is 3.85. The van der Waals surface area contributed by atoms with E-state index in [4.69, 9.17) is 5.73 Å². The lowest BCUT2D eigenvalue weighted by atomic mass is 10.1. The molecule has 114 valence electrons. The van der Waals surface area contributed by atoms with Crippen LogP contribution in [-0.2, 0) is 6.42 Å². The van der Waals surface area contributed by atoms with Gasteiger partial charge in [-0.15, -0.1) is 0 Å². The topological polar surface area (TPSA) is 71.7 Å². The molecular weight excluding hydrogens is 288 g/mol. The van der Waals surface area contributed by atoms with E-state index in [9.17, 15) is 13.6 Å². The lowest BCUT2D eigenvalue weighted by Gasteiger charge is -2.12. The number of nitrogens with two attached hydrogens (primary N) is 2. The number of amides is 2. The van der Waals surface area contributed by atoms with E-state index in [-0.39, 0.29) is 17.4 Å². The van der Waals surface area contributed by atoms with Crippen molar-refractivity contribution in [1.82, 2.24) is 5.32 Å². The van der Waals surface area contributed by atoms with Crippen molar-refractivity contribution in [2.24, 2.45) is 0 Å². The van der Waals surface area contributed by atoms with Crippen LogP contribution in [0.5, 0.6) is 0 Å². The van der Waals surface area contributed by atoms with E-state index >= 15 is 0 Å². The van der Waals surface area contributed by atoms with Gasteiger partial charge in [0.1, 0.15) is 5.82 Å². The molecule has 0 fully saturated rings. The maximum absolute atomic E-state index is 13.7. The molecule has 1 atom stereocenters. The summed E-state index contributed by atoms with van der Waals surface area (Å²) in [7, 11) is 0. The summed E-state index contributed by atoms with van der Waals surface area (Å²) >= 11 is 0. The number of urea groups is 1. The standard InChI is InChI=1S/C16H15F2N3O/c17-10-7-12(18)15(13(19)8-10)21-16(22)20-14-6-5-9-3-1-2-4-11(9)14/h1-4,7-8,14H,5-6,19H2,(H2,20,21,22)/p+1. The molecule has 0 aromatic heterocycles. The Labute approximate surface area is 126 Å². The number of quaternary nitrogens is 1. The van der Waals surface area contributed by atoms with Gasteiger partial charge in [0.05, 0.1) is 11.7 Å². The summed E-state index contributed by atoms with van der Waals surface area (Å²) in [5, 5.41) is 3.92. The molecule has 0 heterocycles. The van der Waals surface area contributed by atoms with Crippen LogP contribution in [0, 0.1) is 11.6 Å². The number of hydrogen-bond acceptors (Lipinski definition) is 2. The highest BCUT2D eigenvalue weighted by atomic mass is 19.1. The fraction of sp³-hybridized carbons (Fsp3) is 0.188. The van der Waals surface area contributed by atoms with Gasteiger partial charge in [-0.05, 0) is 24.0 Å². The van der Waals surface area contributed by atoms with Gasteiger partial charge in [-0.1, -0.05) is 24.3 Å². The van der Waals surface area contributed by atoms with Crippen molar-refractivity contribution in [3.8, 4) is 0 Å². The van der Waals surface area contributed by atoms with Crippen LogP contribution in [0.25, 0.3) is 0 Å². The number of halogens is 2. The van der Waals surface area contributed by atoms with E-state index in [1.54, 1.807) is 0 Å². The third kappa shape index (κ3) is 2.78. The van der Waals surface area contributed by atoms with Crippen LogP contribution in [0.15, 0.2) is 36.4 Å². The summed E-state index contributed by atoms with van der Waals surface area (Å²) in [6.45, 7) is 0. The van der Waals surface area contributed by atoms with Crippen LogP contribution in [0.3, 0.4) is 0 Å². The molecular formula is C16H16F2N3O+. The number of fused-ring (bicyclic) bond motifs is 1. The Morgan fingerprint density at radius 2 is 2.05 bits per heavy atom. The number of benzene rings is 2. The van der Waals surface area contributed by atoms with Crippen molar-refractivity contribution >= 4 is 17.4 Å². The molecule has 0 saturated carbocycles. The molecule has 22 heavy (non-hydrogen) atoms. The first kappa shape index (κ1) is 14.5. The summed E-state index contributed by atoms with van der Waals surface area (Å²) in [4.78, 5) is 12.1. The van der Waals surface area contributed by atoms with Crippen molar-refractivity contribution in [1.29, 1.82) is 0 Å². The van der Waals surface area contributed by atoms with Gasteiger partial charge in [-0.25, -0.2) is 18.9 Å². The van der Waals surface area contributed by atoms with Gasteiger partial charge < -0.3 is 5.73 Å². The summed E-state index contributed by atoms with van der Waals surface area (Å²) in [5.41, 5.74) is 7.66. The smallest absolute Gasteiger partial charge is 0.394 e. The number of anilines is 1. The van der Waals surface area contributed by atoms with E-state index in [1.165, 1.54) is 5.56 Å². The molecule has 1 aliphatic carbocycles. The van der Waals surface area contributed by atoms with Crippen molar-refractivity contribution in [2.45, 2.75) is 18.9 Å². The Morgan fingerprint density at radius 3 is 2.82 bits per heavy atom. The first-order valence-corrected chi connectivity index (χ1v) is 7.02. The van der Waals surface area contributed by atoms with Crippen LogP contribution in [-0.4, -0.2) is 6.03 Å². The van der Waals surface area contributed by atoms with Gasteiger partial charge in [0.15, 0.2) is 11.5 Å². The van der Waals surface area contributed by atoms with Crippen molar-refractivity contribution in [3.63, 3.8) is 0 Å². The van der Waals surface area contributed by atoms with E-state index in [0.29, 0.717) is 6.07 Å². The van der Waals surface area contributed by atoms with Crippen LogP contribution >= 0.6 is 0 Å². The van der Waals surface area contributed by atoms with Gasteiger partial charge in [-0.3, -0.25) is 5.32 Å². The first-order chi connectivity index (χ1) is 10.5. The van der Waals surface area contributed by atoms with E-state index in [1.807, 2.05) is 24.3 Å². The molecule has 0 aliphatic heterocycles. The van der Waals surface area contributed by atoms with Crippen LogP contribution < -0.4 is 16.4 Å². The van der Waals surface area contributed by atoms with Gasteiger partial charge >= 0.3 is 6.03 Å². The fourth-order valence-corrected chi connectivity index (χ4v) is 2.81. The number of rotatable bonds is 2. The van der Waals surface area contributed by atoms with Gasteiger partial charge in [0.2, 0.25) is 0 Å². The Balaban J connectivity index is 1.72. The summed E-state index contributed by atoms with van der Waals surface area (Å²) < 4.78 is 26.7. The molecule has 1 unspecified atom stereocenters. The van der Waals surface area contributed by atoms with Crippen LogP contribution in [0.1, 0.15) is 23.6 Å². The summed E-state index contributed by atoms with van der Waals surface area (Å²) in [6, 6.07) is 9.05. The lowest BCUT2D eigenvalue weighted by molar-refractivity contribution is -0.466. The largest absolute Gasteiger partial charge is 0.418 e. The summed E-state index contributed by atoms with van der Waals surface area (Å²) in [5.74, 6) is -1.61. The zero-order chi connectivity index (χ0) is 15.7. The first-order valence-electron chi connectivity index (χ1n) is 7.02. The van der Waals surface area contributed by atoms with Crippen LogP contribution in [0.4, 0.5) is 25.0 Å². The zero-order valence-corrected chi connectivity index (χ0v) is 11.8. The molecule has 3 rings (SSSR count). The van der Waals surface area contributed by atoms with Crippen molar-refractivity contribution in [2.75, 3.05) is 5.73 Å². The number of primary amides is 1. The highest BCUT2D eigenvalue weighted by Gasteiger charge is 2.26. The Morgan fingerprint density at radius 1 is 1.27 bits per heavy atom. The molecule has 1 aliphatic rings. The molecule has 0 radical (unpaired) electrons. The molecule has 2 amide bonds. The van der Waals surface area contributed by atoms with E-state index < -0.39 is 17.7 Å². The highest BCUT2D eigenvalue weighted by Crippen LogP contribution is 2.30. The summed E-state index contributed by atoms with van der Waals surface area (Å²) in [6.07, 6.45) is 1.70. The third-order valence-corrected chi connectivity index (χ3v) is 3.85. The minimum atomic E-state index is -0.848. The Hall–Kier alpha value is -2.47. The Bertz CT molecular complexity index is 710. The van der Waals surface area contributed by atoms with Crippen LogP contribution in [0.2, 0.25) is 0 Å². The average molecular weight is 304 g/mol. The number of carbonyl (C=O) groups is 1. The number of nitrogens with one attached hydrogen (secondary N) is 1. The molecule has 2 aromatic rings. The molecule has 4 nitrogen and oxygen atoms in total. The molecule has 6 heteroatoms. The number of aryl methyl sites for hydroxylation is 1. The van der Waals surface area contributed by atoms with Gasteiger partial charge in [-0.2, -0.15) is 0 Å². The zero-order valence-electron chi connectivity index (χ0n) is 11.8. The average Bonchev–Trinajstić information content (AvgIpc) is 2.86. The normalized spacial score (nSPS) is 16.4. The molecule has 0 spiro atoms. The fourth-order valence-electron chi connectivity index (χ4n) is 2.81. The monoisotopic (exact) mass is 304 g/mol. The number of carbonyl (C=O) groups excluding carboxylic acids is 1. The quantitative estimate of drug-likeness (QED) is 0.744. The maximum atomic E-state index is 13.7. The van der Waals surface area contributed by atoms with Gasteiger partial charge in [0.25, 0.3) is 0 Å². The second-order valence-corrected chi connectivity index (χ2v) is 5.33. The maximum Gasteiger partial charge on any atom is 0.418 e. The SMILES string of the molecule is Nc1cc(F)cc(F)c1[NH2+]C(=O)NC1CCc2ccccc21. The molecule has 2 aromatic carbocycles. The van der Waals surface area contributed by atoms with Gasteiger partial charge in [0, 0.05) is 12.1 Å². The van der Waals surface area contributed by atoms with E-state index in [0.717, 1.165) is 29.8 Å². The highest BCUT2D eigenvalue weighted by molar-refractivity contribution is 5.70. The molecule has 5 N–H and O–H groups in total. The predicted molar refractivity (Wildman–Crippen MR) is 78.4 cm³/mol. The van der Waals surface area contributed by atoms with E-state index in [2.05, 4.69) is 5.32 Å². The minimum absolute atomic E-state index is 0.0924. The Kier molecular flexibility index (Phi) is 3.77. The predicted octanol–water partition coefficient (Wildman–Crippen LogP) is 2.14. The second kappa shape index (κ2) is 5.73. The lowest BCUT2D eigenvalue weighted by Crippen LogP contribution is -2.86. The molecule has 0 saturated heterocycles. The molecule has 0 bridgehead atoms. The second-order valence-electron chi connectivity index (χ2n) is 5.33. The number of nitrogen functional groups attached to an aromatic ring is 1. The van der Waals surface area contributed by atoms with Crippen molar-refractivity contribution in [3.05, 3.63) is 59.2 Å². The van der Waals surface area contributed by atoms with Crippen molar-refractivity contribution < 1.29 is 18.9 Å².